The van der Waals surface area contributed by atoms with E-state index in [4.69, 9.17) is 27.9 Å². The first-order chi connectivity index (χ1) is 13.7. The summed E-state index contributed by atoms with van der Waals surface area (Å²) in [6.07, 6.45) is 1.51. The molecule has 2 nitrogen and oxygen atoms in total. The van der Waals surface area contributed by atoms with E-state index in [1.165, 1.54) is 11.8 Å². The summed E-state index contributed by atoms with van der Waals surface area (Å²) in [6.45, 7) is 7.43. The van der Waals surface area contributed by atoms with Crippen molar-refractivity contribution in [1.82, 2.24) is 0 Å². The second-order valence-electron chi connectivity index (χ2n) is 6.87. The summed E-state index contributed by atoms with van der Waals surface area (Å²) < 4.78 is 17.6. The first-order valence-corrected chi connectivity index (χ1v) is 11.0. The number of esters is 1. The topological polar surface area (TPSA) is 26.3 Å². The Morgan fingerprint density at radius 2 is 1.83 bits per heavy atom. The van der Waals surface area contributed by atoms with E-state index in [0.717, 1.165) is 16.0 Å². The van der Waals surface area contributed by atoms with Crippen LogP contribution in [0.15, 0.2) is 72.1 Å². The van der Waals surface area contributed by atoms with Crippen molar-refractivity contribution in [2.45, 2.75) is 53.4 Å². The van der Waals surface area contributed by atoms with Gasteiger partial charge in [-0.15, -0.1) is 18.3 Å². The van der Waals surface area contributed by atoms with Crippen LogP contribution in [0.4, 0.5) is 4.39 Å². The van der Waals surface area contributed by atoms with Gasteiger partial charge in [-0.05, 0) is 44.4 Å². The number of aryl methyl sites for hydroxylation is 1. The maximum atomic E-state index is 14.7. The zero-order valence-electron chi connectivity index (χ0n) is 16.5. The Bertz CT molecular complexity index is 791. The van der Waals surface area contributed by atoms with Crippen LogP contribution in [0, 0.1) is 6.92 Å². The molecule has 0 unspecified atom stereocenters. The third kappa shape index (κ3) is 7.36. The van der Waals surface area contributed by atoms with Gasteiger partial charge < -0.3 is 4.74 Å². The molecular formula is C23H25Cl2FO2S. The number of hydrogen-bond acceptors (Lipinski definition) is 3. The highest BCUT2D eigenvalue weighted by molar-refractivity contribution is 8.00. The molecule has 0 saturated carbocycles. The van der Waals surface area contributed by atoms with Gasteiger partial charge in [-0.2, -0.15) is 0 Å². The number of benzene rings is 2. The summed E-state index contributed by atoms with van der Waals surface area (Å²) in [7, 11) is 0. The van der Waals surface area contributed by atoms with Crippen LogP contribution in [0.3, 0.4) is 0 Å². The number of hydrogen-bond donors (Lipinski definition) is 0. The fourth-order valence-electron chi connectivity index (χ4n) is 2.80. The average molecular weight is 455 g/mol. The number of thioether (sulfide) groups is 1. The Morgan fingerprint density at radius 1 is 1.21 bits per heavy atom. The molecule has 0 spiro atoms. The zero-order valence-corrected chi connectivity index (χ0v) is 18.8. The van der Waals surface area contributed by atoms with Gasteiger partial charge in [0, 0.05) is 4.90 Å². The Labute approximate surface area is 186 Å². The smallest absolute Gasteiger partial charge is 0.313 e. The number of ether oxygens (including phenoxy) is 1. The van der Waals surface area contributed by atoms with Crippen LogP contribution in [0.1, 0.15) is 36.8 Å². The summed E-state index contributed by atoms with van der Waals surface area (Å²) in [5.41, 5.74) is 1.89. The summed E-state index contributed by atoms with van der Waals surface area (Å²) in [6, 6.07) is 17.0. The largest absolute Gasteiger partial charge is 0.454 e. The number of halogens is 3. The summed E-state index contributed by atoms with van der Waals surface area (Å²) >= 11 is 13.1. The normalized spacial score (nSPS) is 14.7. The van der Waals surface area contributed by atoms with E-state index in [-0.39, 0.29) is 0 Å². The molecule has 0 bridgehead atoms. The molecule has 29 heavy (non-hydrogen) atoms. The van der Waals surface area contributed by atoms with Crippen molar-refractivity contribution in [3.05, 3.63) is 78.4 Å². The van der Waals surface area contributed by atoms with Crippen LogP contribution in [0.25, 0.3) is 0 Å². The van der Waals surface area contributed by atoms with Crippen molar-refractivity contribution in [1.29, 1.82) is 0 Å². The van der Waals surface area contributed by atoms with Gasteiger partial charge in [0.2, 0.25) is 0 Å². The van der Waals surface area contributed by atoms with E-state index in [2.05, 4.69) is 6.58 Å². The summed E-state index contributed by atoms with van der Waals surface area (Å²) in [4.78, 5) is 13.7. The minimum Gasteiger partial charge on any atom is -0.454 e. The van der Waals surface area contributed by atoms with E-state index in [0.29, 0.717) is 12.8 Å². The molecule has 3 atom stereocenters. The van der Waals surface area contributed by atoms with Crippen molar-refractivity contribution in [3.8, 4) is 0 Å². The second-order valence-corrected chi connectivity index (χ2v) is 9.47. The molecule has 0 N–H and O–H groups in total. The predicted octanol–water partition coefficient (Wildman–Crippen LogP) is 7.24. The number of alkyl halides is 3. The van der Waals surface area contributed by atoms with Crippen LogP contribution in [-0.4, -0.2) is 21.9 Å². The lowest BCUT2D eigenvalue weighted by molar-refractivity contribution is -0.153. The van der Waals surface area contributed by atoms with Crippen molar-refractivity contribution in [2.24, 2.45) is 0 Å². The number of allylic oxidation sites excluding steroid dienone is 1. The Kier molecular flexibility index (Phi) is 9.06. The van der Waals surface area contributed by atoms with Crippen LogP contribution in [-0.2, 0) is 9.53 Å². The SMILES string of the molecule is C=CCC[C@H](Sc1ccc(C)cc1)[C@H](OC(=O)[C@H](C)c1ccccc1)C(F)(Cl)Cl. The fraction of sp³-hybridized carbons (Fsp3) is 0.348. The van der Waals surface area contributed by atoms with E-state index < -0.39 is 27.8 Å². The molecular weight excluding hydrogens is 430 g/mol. The van der Waals surface area contributed by atoms with Crippen molar-refractivity contribution in [2.75, 3.05) is 0 Å². The molecule has 0 aliphatic carbocycles. The van der Waals surface area contributed by atoms with Gasteiger partial charge in [-0.3, -0.25) is 4.79 Å². The quantitative estimate of drug-likeness (QED) is 0.164. The maximum Gasteiger partial charge on any atom is 0.313 e. The third-order valence-corrected chi connectivity index (χ3v) is 6.28. The van der Waals surface area contributed by atoms with E-state index in [1.807, 2.05) is 61.5 Å². The molecule has 0 aliphatic heterocycles. The molecule has 2 rings (SSSR count). The van der Waals surface area contributed by atoms with E-state index >= 15 is 0 Å². The molecule has 0 saturated heterocycles. The fourth-order valence-corrected chi connectivity index (χ4v) is 4.61. The Morgan fingerprint density at radius 3 is 2.38 bits per heavy atom. The molecule has 2 aromatic carbocycles. The molecule has 156 valence electrons. The van der Waals surface area contributed by atoms with Gasteiger partial charge in [-0.25, -0.2) is 4.39 Å². The Balaban J connectivity index is 2.24. The predicted molar refractivity (Wildman–Crippen MR) is 121 cm³/mol. The molecule has 0 radical (unpaired) electrons. The lowest BCUT2D eigenvalue weighted by Gasteiger charge is -2.31. The highest BCUT2D eigenvalue weighted by Gasteiger charge is 2.44. The van der Waals surface area contributed by atoms with Gasteiger partial charge in [0.15, 0.2) is 6.10 Å². The monoisotopic (exact) mass is 454 g/mol. The van der Waals surface area contributed by atoms with Crippen LogP contribution in [0.2, 0.25) is 0 Å². The van der Waals surface area contributed by atoms with Gasteiger partial charge in [0.25, 0.3) is 4.59 Å². The molecule has 2 aromatic rings. The van der Waals surface area contributed by atoms with Gasteiger partial charge in [0.05, 0.1) is 11.2 Å². The van der Waals surface area contributed by atoms with E-state index in [9.17, 15) is 9.18 Å². The minimum absolute atomic E-state index is 0.484. The lowest BCUT2D eigenvalue weighted by atomic mass is 10.0. The number of carbonyl (C=O) groups is 1. The molecule has 0 aliphatic rings. The van der Waals surface area contributed by atoms with Gasteiger partial charge in [0.1, 0.15) is 0 Å². The van der Waals surface area contributed by atoms with Crippen molar-refractivity contribution >= 4 is 40.9 Å². The third-order valence-electron chi connectivity index (χ3n) is 4.52. The number of carbonyl (C=O) groups excluding carboxylic acids is 1. The van der Waals surface area contributed by atoms with Gasteiger partial charge in [-0.1, -0.05) is 77.3 Å². The molecule has 0 amide bonds. The lowest BCUT2D eigenvalue weighted by Crippen LogP contribution is -2.41. The Hall–Kier alpha value is -1.49. The van der Waals surface area contributed by atoms with E-state index in [1.54, 1.807) is 13.0 Å². The van der Waals surface area contributed by atoms with Crippen LogP contribution < -0.4 is 0 Å². The molecule has 0 aromatic heterocycles. The van der Waals surface area contributed by atoms with Crippen molar-refractivity contribution < 1.29 is 13.9 Å². The van der Waals surface area contributed by atoms with Crippen LogP contribution in [0.5, 0.6) is 0 Å². The summed E-state index contributed by atoms with van der Waals surface area (Å²) in [5.74, 6) is -1.14. The first-order valence-electron chi connectivity index (χ1n) is 9.38. The molecule has 0 heterocycles. The molecule has 0 fully saturated rings. The highest BCUT2D eigenvalue weighted by atomic mass is 35.5. The minimum atomic E-state index is -2.73. The highest BCUT2D eigenvalue weighted by Crippen LogP contribution is 2.40. The summed E-state index contributed by atoms with van der Waals surface area (Å²) in [5, 5.41) is -0.484. The number of rotatable bonds is 10. The average Bonchev–Trinajstić information content (AvgIpc) is 2.70. The first kappa shape index (κ1) is 23.8. The van der Waals surface area contributed by atoms with Crippen LogP contribution >= 0.6 is 35.0 Å². The molecule has 6 heteroatoms. The standard InChI is InChI=1S/C23H25Cl2FO2S/c1-4-5-11-20(29-19-14-12-16(2)13-15-19)21(23(24,25)26)28-22(27)17(3)18-9-7-6-8-10-18/h4,6-10,12-15,17,20-21H,1,5,11H2,2-3H3/t17-,20+,21+/m1/s1. The zero-order chi connectivity index (χ0) is 21.4. The second kappa shape index (κ2) is 11.1. The maximum absolute atomic E-state index is 14.7. The van der Waals surface area contributed by atoms with Crippen molar-refractivity contribution in [3.63, 3.8) is 0 Å². The van der Waals surface area contributed by atoms with Gasteiger partial charge >= 0.3 is 5.97 Å².